The predicted octanol–water partition coefficient (Wildman–Crippen LogP) is 1.88. The molecule has 0 spiro atoms. The van der Waals surface area contributed by atoms with Gasteiger partial charge in [-0.1, -0.05) is 12.1 Å². The van der Waals surface area contributed by atoms with Crippen LogP contribution in [0.15, 0.2) is 41.2 Å². The first-order valence-corrected chi connectivity index (χ1v) is 20.5. The lowest BCUT2D eigenvalue weighted by Gasteiger charge is -2.24. The molecule has 1 aliphatic rings. The summed E-state index contributed by atoms with van der Waals surface area (Å²) in [6.45, 7) is 3.16. The molecule has 0 bridgehead atoms. The van der Waals surface area contributed by atoms with Crippen LogP contribution in [0.2, 0.25) is 19.1 Å². The van der Waals surface area contributed by atoms with Crippen molar-refractivity contribution in [2.45, 2.75) is 94.6 Å². The van der Waals surface area contributed by atoms with Crippen LogP contribution < -0.4 is 21.5 Å². The van der Waals surface area contributed by atoms with E-state index >= 15 is 0 Å². The molecular formula is C37H45N5O10Si. The first kappa shape index (κ1) is 40.4. The monoisotopic (exact) mass is 747 g/mol. The van der Waals surface area contributed by atoms with Gasteiger partial charge in [0.05, 0.1) is 10.9 Å². The molecule has 53 heavy (non-hydrogen) atoms. The van der Waals surface area contributed by atoms with Gasteiger partial charge in [-0.2, -0.15) is 0 Å². The molecule has 4 rings (SSSR count). The Morgan fingerprint density at radius 2 is 1.74 bits per heavy atom. The summed E-state index contributed by atoms with van der Waals surface area (Å²) in [6.07, 6.45) is 6.41. The lowest BCUT2D eigenvalue weighted by atomic mass is 9.80. The number of rotatable bonds is 18. The van der Waals surface area contributed by atoms with Gasteiger partial charge < -0.3 is 41.0 Å². The third-order valence-electron chi connectivity index (χ3n) is 9.31. The quantitative estimate of drug-likeness (QED) is 0.0689. The molecule has 15 nitrogen and oxygen atoms in total. The number of aromatic amines is 1. The molecule has 2 aromatic carbocycles. The smallest absolute Gasteiger partial charge is 0.326 e. The molecule has 0 aliphatic heterocycles. The molecule has 0 radical (unpaired) electrons. The predicted molar refractivity (Wildman–Crippen MR) is 196 cm³/mol. The molecule has 3 amide bonds. The molecule has 1 unspecified atom stereocenters. The van der Waals surface area contributed by atoms with Crippen LogP contribution in [0.3, 0.4) is 0 Å². The molecule has 8 N–H and O–H groups in total. The third kappa shape index (κ3) is 11.1. The summed E-state index contributed by atoms with van der Waals surface area (Å²) in [5, 5.41) is 36.2. The van der Waals surface area contributed by atoms with Gasteiger partial charge in [0.2, 0.25) is 11.8 Å². The molecule has 16 heteroatoms. The minimum atomic E-state index is -2.45. The standard InChI is InChI=1S/C37H45N5O10Si/c1-4-5-24(25-11-10-23-18-30-27(19-26(23)25)35(48)42-31(20-43)39-30)21-6-8-22(9-7-21)34(47)41-29(37(50)51)12-14-32(44)40-28(13-15-33(45)46)36(49)38-16-17-53(2,3)52/h1,6-9,18-19,24-25,28-29,43,52H,5,10-17,20H2,2-3H3,(H,38,49)(H,40,44)(H,41,47)(H,45,46)(H,50,51)(H,39,42,48)/t24?,25-,28-,29+/m1/s1. The maximum atomic E-state index is 13.1. The van der Waals surface area contributed by atoms with Gasteiger partial charge in [-0.05, 0) is 91.7 Å². The fraction of sp³-hybridized carbons (Fsp3) is 0.432. The van der Waals surface area contributed by atoms with E-state index in [-0.39, 0.29) is 61.2 Å². The summed E-state index contributed by atoms with van der Waals surface area (Å²) < 4.78 is 0. The lowest BCUT2D eigenvalue weighted by molar-refractivity contribution is -0.140. The number of carboxylic acids is 2. The minimum Gasteiger partial charge on any atom is -0.481 e. The van der Waals surface area contributed by atoms with Crippen molar-refractivity contribution in [2.24, 2.45) is 0 Å². The van der Waals surface area contributed by atoms with Crippen molar-refractivity contribution in [1.29, 1.82) is 0 Å². The molecule has 282 valence electrons. The number of hydrogen-bond acceptors (Lipinski definition) is 9. The molecule has 3 aromatic rings. The number of amides is 3. The van der Waals surface area contributed by atoms with Gasteiger partial charge in [0.25, 0.3) is 11.5 Å². The van der Waals surface area contributed by atoms with Crippen molar-refractivity contribution in [3.8, 4) is 12.3 Å². The number of aliphatic hydroxyl groups excluding tert-OH is 1. The third-order valence-corrected chi connectivity index (χ3v) is 10.8. The lowest BCUT2D eigenvalue weighted by Crippen LogP contribution is -2.48. The summed E-state index contributed by atoms with van der Waals surface area (Å²) in [5.74, 6) is -1.78. The minimum absolute atomic E-state index is 0.0197. The number of fused-ring (bicyclic) bond motifs is 2. The number of aryl methyl sites for hydroxylation is 1. The van der Waals surface area contributed by atoms with Crippen molar-refractivity contribution in [1.82, 2.24) is 25.9 Å². The largest absolute Gasteiger partial charge is 0.481 e. The molecule has 1 aromatic heterocycles. The molecule has 0 saturated heterocycles. The van der Waals surface area contributed by atoms with Gasteiger partial charge in [-0.25, -0.2) is 9.78 Å². The zero-order valence-corrected chi connectivity index (χ0v) is 30.6. The number of aliphatic hydroxyl groups is 1. The fourth-order valence-corrected chi connectivity index (χ4v) is 7.25. The number of terminal acetylenes is 1. The van der Waals surface area contributed by atoms with Crippen molar-refractivity contribution in [3.63, 3.8) is 0 Å². The number of carboxylic acid groups (broad SMARTS) is 2. The Balaban J connectivity index is 1.40. The van der Waals surface area contributed by atoms with Gasteiger partial charge in [-0.15, -0.1) is 12.3 Å². The Labute approximate surface area is 306 Å². The summed E-state index contributed by atoms with van der Waals surface area (Å²) in [5.41, 5.74) is 3.22. The Morgan fingerprint density at radius 1 is 1.04 bits per heavy atom. The van der Waals surface area contributed by atoms with Crippen LogP contribution in [0.1, 0.15) is 83.2 Å². The number of aromatic nitrogens is 2. The maximum Gasteiger partial charge on any atom is 0.326 e. The van der Waals surface area contributed by atoms with Crippen LogP contribution in [0, 0.1) is 12.3 Å². The second kappa shape index (κ2) is 17.9. The number of H-pyrrole nitrogens is 1. The summed E-state index contributed by atoms with van der Waals surface area (Å²) >= 11 is 0. The second-order valence-electron chi connectivity index (χ2n) is 13.8. The molecule has 1 heterocycles. The highest BCUT2D eigenvalue weighted by Crippen LogP contribution is 2.45. The summed E-state index contributed by atoms with van der Waals surface area (Å²) in [6, 6.07) is 8.07. The molecular weight excluding hydrogens is 703 g/mol. The topological polar surface area (TPSA) is 248 Å². The van der Waals surface area contributed by atoms with Crippen LogP contribution in [-0.4, -0.2) is 86.7 Å². The summed E-state index contributed by atoms with van der Waals surface area (Å²) in [4.78, 5) is 91.4. The zero-order chi connectivity index (χ0) is 38.9. The van der Waals surface area contributed by atoms with Crippen LogP contribution in [-0.2, 0) is 32.2 Å². The van der Waals surface area contributed by atoms with E-state index in [0.717, 1.165) is 29.5 Å². The van der Waals surface area contributed by atoms with Crippen LogP contribution in [0.5, 0.6) is 0 Å². The zero-order valence-electron chi connectivity index (χ0n) is 29.6. The molecule has 0 fully saturated rings. The van der Waals surface area contributed by atoms with Crippen molar-refractivity contribution in [2.75, 3.05) is 6.54 Å². The van der Waals surface area contributed by atoms with Gasteiger partial charge in [0.15, 0.2) is 8.32 Å². The van der Waals surface area contributed by atoms with E-state index in [1.165, 1.54) is 0 Å². The first-order chi connectivity index (χ1) is 25.1. The maximum absolute atomic E-state index is 13.1. The number of carbonyl (C=O) groups excluding carboxylic acids is 3. The van der Waals surface area contributed by atoms with Gasteiger partial charge in [0.1, 0.15) is 24.5 Å². The van der Waals surface area contributed by atoms with Crippen LogP contribution in [0.25, 0.3) is 10.9 Å². The van der Waals surface area contributed by atoms with Crippen LogP contribution in [0.4, 0.5) is 0 Å². The number of hydrogen-bond donors (Lipinski definition) is 8. The summed E-state index contributed by atoms with van der Waals surface area (Å²) in [7, 11) is -2.45. The normalized spacial score (nSPS) is 15.4. The van der Waals surface area contributed by atoms with E-state index in [1.54, 1.807) is 37.4 Å². The first-order valence-electron chi connectivity index (χ1n) is 17.3. The van der Waals surface area contributed by atoms with E-state index in [4.69, 9.17) is 11.5 Å². The van der Waals surface area contributed by atoms with Crippen molar-refractivity contribution < 1.29 is 44.1 Å². The Kier molecular flexibility index (Phi) is 13.6. The highest BCUT2D eigenvalue weighted by molar-refractivity contribution is 6.69. The van der Waals surface area contributed by atoms with E-state index < -0.39 is 56.5 Å². The van der Waals surface area contributed by atoms with Gasteiger partial charge >= 0.3 is 11.9 Å². The Morgan fingerprint density at radius 3 is 2.36 bits per heavy atom. The highest BCUT2D eigenvalue weighted by atomic mass is 28.4. The average Bonchev–Trinajstić information content (AvgIpc) is 3.51. The fourth-order valence-electron chi connectivity index (χ4n) is 6.51. The van der Waals surface area contributed by atoms with Gasteiger partial charge in [0, 0.05) is 37.3 Å². The van der Waals surface area contributed by atoms with Gasteiger partial charge in [-0.3, -0.25) is 24.0 Å². The highest BCUT2D eigenvalue weighted by Gasteiger charge is 2.32. The molecule has 4 atom stereocenters. The number of aliphatic carboxylic acids is 2. The average molecular weight is 748 g/mol. The van der Waals surface area contributed by atoms with E-state index in [9.17, 15) is 43.8 Å². The number of nitrogens with zero attached hydrogens (tertiary/aromatic N) is 1. The van der Waals surface area contributed by atoms with E-state index in [0.29, 0.717) is 23.4 Å². The molecule has 1 aliphatic carbocycles. The SMILES string of the molecule is C#CCC(c1ccc(C(=O)N[C@@H](CCC(=O)N[C@H](CCC(=O)O)C(=O)NCC[Si](C)(C)O)C(=O)O)cc1)[C@H]1CCc2cc3nc(CO)[nH]c(=O)c3cc21. The Hall–Kier alpha value is -5.37. The number of nitrogens with one attached hydrogen (secondary N) is 4. The van der Waals surface area contributed by atoms with E-state index in [1.807, 2.05) is 12.1 Å². The number of benzene rings is 2. The van der Waals surface area contributed by atoms with Crippen LogP contribution >= 0.6 is 0 Å². The Bertz CT molecular complexity index is 1950. The van der Waals surface area contributed by atoms with Crippen molar-refractivity contribution >= 4 is 48.9 Å². The number of carbonyl (C=O) groups is 5. The van der Waals surface area contributed by atoms with Crippen molar-refractivity contribution in [3.05, 3.63) is 74.8 Å². The molecule has 0 saturated carbocycles. The second-order valence-corrected chi connectivity index (χ2v) is 18.0. The van der Waals surface area contributed by atoms with E-state index in [2.05, 4.69) is 31.8 Å².